The second kappa shape index (κ2) is 4.11. The van der Waals surface area contributed by atoms with Crippen LogP contribution in [0.15, 0.2) is 30.7 Å². The number of carbonyl (C=O) groups is 1. The molecule has 6 nitrogen and oxygen atoms in total. The molecule has 2 heterocycles. The first-order chi connectivity index (χ1) is 7.68. The molecule has 1 atom stereocenters. The molecule has 4 N–H and O–H groups in total. The first-order valence-electron chi connectivity index (χ1n) is 4.62. The minimum Gasteiger partial charge on any atom is -0.480 e. The highest BCUT2D eigenvalue weighted by Gasteiger charge is 2.17. The van der Waals surface area contributed by atoms with Gasteiger partial charge in [-0.1, -0.05) is 0 Å². The summed E-state index contributed by atoms with van der Waals surface area (Å²) < 4.78 is 0. The first-order valence-corrected chi connectivity index (χ1v) is 4.62. The number of nitrogens with two attached hydrogens (primary N) is 1. The fourth-order valence-electron chi connectivity index (χ4n) is 1.28. The van der Waals surface area contributed by atoms with Crippen LogP contribution >= 0.6 is 0 Å². The Morgan fingerprint density at radius 3 is 2.94 bits per heavy atom. The van der Waals surface area contributed by atoms with E-state index in [4.69, 9.17) is 10.8 Å². The van der Waals surface area contributed by atoms with Gasteiger partial charge in [-0.3, -0.25) is 9.78 Å². The molecule has 0 amide bonds. The number of pyridine rings is 1. The van der Waals surface area contributed by atoms with E-state index in [1.807, 2.05) is 6.07 Å². The maximum absolute atomic E-state index is 10.6. The minimum atomic E-state index is -1.13. The molecule has 2 rings (SSSR count). The van der Waals surface area contributed by atoms with Crippen LogP contribution in [0.25, 0.3) is 11.3 Å². The standard InChI is InChI=1S/C10H10N4O2/c11-8(10(15)16)9-13-5-7(14-9)6-2-1-3-12-4-6/h1-5,8H,11H2,(H,13,14)(H,15,16). The van der Waals surface area contributed by atoms with Gasteiger partial charge in [-0.2, -0.15) is 0 Å². The van der Waals surface area contributed by atoms with Crippen LogP contribution in [0.5, 0.6) is 0 Å². The summed E-state index contributed by atoms with van der Waals surface area (Å²) in [5, 5.41) is 8.72. The summed E-state index contributed by atoms with van der Waals surface area (Å²) in [6.07, 6.45) is 4.85. The van der Waals surface area contributed by atoms with Gasteiger partial charge in [-0.25, -0.2) is 4.98 Å². The lowest BCUT2D eigenvalue weighted by Gasteiger charge is -2.01. The van der Waals surface area contributed by atoms with Crippen molar-refractivity contribution in [3.63, 3.8) is 0 Å². The number of hydrogen-bond donors (Lipinski definition) is 3. The number of aromatic nitrogens is 3. The van der Waals surface area contributed by atoms with Crippen molar-refractivity contribution in [1.29, 1.82) is 0 Å². The molecule has 0 spiro atoms. The van der Waals surface area contributed by atoms with E-state index < -0.39 is 12.0 Å². The Hall–Kier alpha value is -2.21. The highest BCUT2D eigenvalue weighted by Crippen LogP contribution is 2.17. The number of nitrogens with zero attached hydrogens (tertiary/aromatic N) is 2. The van der Waals surface area contributed by atoms with Gasteiger partial charge < -0.3 is 15.8 Å². The average molecular weight is 218 g/mol. The fourth-order valence-corrected chi connectivity index (χ4v) is 1.28. The highest BCUT2D eigenvalue weighted by atomic mass is 16.4. The molecule has 16 heavy (non-hydrogen) atoms. The summed E-state index contributed by atoms with van der Waals surface area (Å²) in [5.41, 5.74) is 6.95. The Morgan fingerprint density at radius 1 is 1.50 bits per heavy atom. The average Bonchev–Trinajstić information content (AvgIpc) is 2.78. The van der Waals surface area contributed by atoms with Crippen LogP contribution in [0.3, 0.4) is 0 Å². The van der Waals surface area contributed by atoms with Gasteiger partial charge in [-0.05, 0) is 12.1 Å². The minimum absolute atomic E-state index is 0.228. The normalized spacial score (nSPS) is 12.3. The van der Waals surface area contributed by atoms with E-state index in [9.17, 15) is 4.79 Å². The molecule has 82 valence electrons. The summed E-state index contributed by atoms with van der Waals surface area (Å²) in [4.78, 5) is 21.4. The molecule has 0 saturated heterocycles. The summed E-state index contributed by atoms with van der Waals surface area (Å²) >= 11 is 0. The zero-order valence-electron chi connectivity index (χ0n) is 8.29. The second-order valence-electron chi connectivity index (χ2n) is 3.24. The van der Waals surface area contributed by atoms with Crippen LogP contribution in [-0.2, 0) is 4.79 Å². The molecule has 0 aromatic carbocycles. The van der Waals surface area contributed by atoms with E-state index in [1.165, 1.54) is 6.20 Å². The quantitative estimate of drug-likeness (QED) is 0.698. The van der Waals surface area contributed by atoms with E-state index in [0.717, 1.165) is 5.56 Å². The van der Waals surface area contributed by atoms with E-state index in [2.05, 4.69) is 15.0 Å². The number of carboxylic acids is 1. The third kappa shape index (κ3) is 1.91. The van der Waals surface area contributed by atoms with Crippen molar-refractivity contribution >= 4 is 5.97 Å². The molecule has 2 aromatic heterocycles. The highest BCUT2D eigenvalue weighted by molar-refractivity contribution is 5.74. The zero-order valence-corrected chi connectivity index (χ0v) is 8.29. The number of carboxylic acid groups (broad SMARTS) is 1. The number of nitrogens with one attached hydrogen (secondary N) is 1. The van der Waals surface area contributed by atoms with Crippen molar-refractivity contribution < 1.29 is 9.90 Å². The summed E-state index contributed by atoms with van der Waals surface area (Å²) in [6, 6.07) is 2.49. The molecule has 0 fully saturated rings. The van der Waals surface area contributed by atoms with E-state index in [0.29, 0.717) is 5.69 Å². The fraction of sp³-hybridized carbons (Fsp3) is 0.100. The van der Waals surface area contributed by atoms with Crippen LogP contribution in [0.2, 0.25) is 0 Å². The molecule has 0 aliphatic heterocycles. The summed E-state index contributed by atoms with van der Waals surface area (Å²) in [5.74, 6) is -0.890. The predicted octanol–water partition coefficient (Wildman–Crippen LogP) is 0.556. The molecule has 0 aliphatic carbocycles. The number of H-pyrrole nitrogens is 1. The number of aromatic amines is 1. The van der Waals surface area contributed by atoms with Crippen molar-refractivity contribution in [3.05, 3.63) is 36.5 Å². The van der Waals surface area contributed by atoms with Gasteiger partial charge in [0.15, 0.2) is 6.04 Å². The van der Waals surface area contributed by atoms with Crippen molar-refractivity contribution in [1.82, 2.24) is 15.0 Å². The largest absolute Gasteiger partial charge is 0.480 e. The number of hydrogen-bond acceptors (Lipinski definition) is 4. The monoisotopic (exact) mass is 218 g/mol. The van der Waals surface area contributed by atoms with Gasteiger partial charge >= 0.3 is 5.97 Å². The van der Waals surface area contributed by atoms with Crippen molar-refractivity contribution in [2.45, 2.75) is 6.04 Å². The maximum atomic E-state index is 10.6. The van der Waals surface area contributed by atoms with E-state index in [-0.39, 0.29) is 5.82 Å². The van der Waals surface area contributed by atoms with Gasteiger partial charge in [0.2, 0.25) is 0 Å². The lowest BCUT2D eigenvalue weighted by molar-refractivity contribution is -0.138. The second-order valence-corrected chi connectivity index (χ2v) is 3.24. The smallest absolute Gasteiger partial charge is 0.328 e. The molecular weight excluding hydrogens is 208 g/mol. The van der Waals surface area contributed by atoms with Crippen LogP contribution in [0, 0.1) is 0 Å². The summed E-state index contributed by atoms with van der Waals surface area (Å²) in [7, 11) is 0. The Balaban J connectivity index is 2.30. The molecule has 0 bridgehead atoms. The van der Waals surface area contributed by atoms with Gasteiger partial charge in [0.25, 0.3) is 0 Å². The lowest BCUT2D eigenvalue weighted by Crippen LogP contribution is -2.21. The zero-order chi connectivity index (χ0) is 11.5. The molecule has 0 aliphatic rings. The van der Waals surface area contributed by atoms with Gasteiger partial charge in [0.05, 0.1) is 11.9 Å². The maximum Gasteiger partial charge on any atom is 0.328 e. The molecule has 6 heteroatoms. The molecule has 0 radical (unpaired) electrons. The topological polar surface area (TPSA) is 105 Å². The third-order valence-corrected chi connectivity index (χ3v) is 2.13. The van der Waals surface area contributed by atoms with Crippen LogP contribution in [-0.4, -0.2) is 26.0 Å². The molecule has 0 saturated carbocycles. The Labute approximate surface area is 91.2 Å². The molecular formula is C10H10N4O2. The van der Waals surface area contributed by atoms with Gasteiger partial charge in [-0.15, -0.1) is 0 Å². The van der Waals surface area contributed by atoms with E-state index in [1.54, 1.807) is 18.5 Å². The van der Waals surface area contributed by atoms with Crippen LogP contribution in [0.4, 0.5) is 0 Å². The SMILES string of the molecule is NC(C(=O)O)c1ncc(-c2cccnc2)[nH]1. The number of rotatable bonds is 3. The molecule has 2 aromatic rings. The first kappa shape index (κ1) is 10.3. The Bertz CT molecular complexity index is 495. The predicted molar refractivity (Wildman–Crippen MR) is 56.4 cm³/mol. The third-order valence-electron chi connectivity index (χ3n) is 2.13. The van der Waals surface area contributed by atoms with Gasteiger partial charge in [0.1, 0.15) is 5.82 Å². The van der Waals surface area contributed by atoms with Gasteiger partial charge in [0, 0.05) is 18.0 Å². The van der Waals surface area contributed by atoms with Crippen molar-refractivity contribution in [3.8, 4) is 11.3 Å². The molecule has 1 unspecified atom stereocenters. The van der Waals surface area contributed by atoms with Crippen molar-refractivity contribution in [2.75, 3.05) is 0 Å². The van der Waals surface area contributed by atoms with E-state index >= 15 is 0 Å². The van der Waals surface area contributed by atoms with Crippen molar-refractivity contribution in [2.24, 2.45) is 5.73 Å². The Morgan fingerprint density at radius 2 is 2.31 bits per heavy atom. The summed E-state index contributed by atoms with van der Waals surface area (Å²) in [6.45, 7) is 0. The number of imidazole rings is 1. The van der Waals surface area contributed by atoms with Crippen LogP contribution < -0.4 is 5.73 Å². The van der Waals surface area contributed by atoms with Crippen LogP contribution in [0.1, 0.15) is 11.9 Å². The lowest BCUT2D eigenvalue weighted by atomic mass is 10.2. The Kier molecular flexibility index (Phi) is 2.65. The number of aliphatic carboxylic acids is 1.